The van der Waals surface area contributed by atoms with Crippen LogP contribution in [0.2, 0.25) is 0 Å². The molecule has 0 N–H and O–H groups in total. The van der Waals surface area contributed by atoms with Gasteiger partial charge in [-0.25, -0.2) is 4.85 Å². The molecular weight excluding hydrogens is 671 g/mol. The lowest BCUT2D eigenvalue weighted by Gasteiger charge is -2.14. The van der Waals surface area contributed by atoms with Gasteiger partial charge in [-0.2, -0.15) is 5.26 Å². The molecule has 5 nitrogen and oxygen atoms in total. The van der Waals surface area contributed by atoms with Crippen molar-refractivity contribution in [2.45, 2.75) is 0 Å². The first-order chi connectivity index (χ1) is 27.2. The van der Waals surface area contributed by atoms with Gasteiger partial charge in [0.2, 0.25) is 0 Å². The quantitative estimate of drug-likeness (QED) is 0.169. The van der Waals surface area contributed by atoms with Gasteiger partial charge in [0, 0.05) is 44.0 Å². The first-order valence-corrected chi connectivity index (χ1v) is 18.3. The molecule has 0 aliphatic rings. The van der Waals surface area contributed by atoms with E-state index in [2.05, 4.69) is 164 Å². The number of hydrogen-bond donors (Lipinski definition) is 0. The molecule has 0 atom stereocenters. The van der Waals surface area contributed by atoms with Gasteiger partial charge in [-0.15, -0.1) is 0 Å². The Labute approximate surface area is 316 Å². The molecule has 0 unspecified atom stereocenters. The van der Waals surface area contributed by atoms with E-state index in [1.807, 2.05) is 36.4 Å². The van der Waals surface area contributed by atoms with Gasteiger partial charge in [0.1, 0.15) is 0 Å². The van der Waals surface area contributed by atoms with E-state index >= 15 is 0 Å². The topological polar surface area (TPSA) is 42.9 Å². The molecule has 11 rings (SSSR count). The van der Waals surface area contributed by atoms with E-state index in [1.165, 1.54) is 21.8 Å². The van der Waals surface area contributed by atoms with E-state index in [-0.39, 0.29) is 0 Å². The molecule has 0 radical (unpaired) electrons. The fourth-order valence-corrected chi connectivity index (χ4v) is 8.68. The van der Waals surface area contributed by atoms with Gasteiger partial charge in [0.15, 0.2) is 5.69 Å². The summed E-state index contributed by atoms with van der Waals surface area (Å²) in [6, 6.07) is 63.8. The van der Waals surface area contributed by atoms with Crippen LogP contribution in [0.5, 0.6) is 0 Å². The summed E-state index contributed by atoms with van der Waals surface area (Å²) in [5.74, 6) is 0. The van der Waals surface area contributed by atoms with E-state index in [1.54, 1.807) is 0 Å². The standard InChI is InChI=1S/C50H29N5/c1-52-35-21-23-49-43(29-35)41-15-4-8-19-47(41)53(49)36-12-10-11-33(27-36)34-25-32(31-51)26-38(28-34)55-48-20-9-5-16-42(48)44-30-37(22-24-50(44)55)54-45-17-6-2-13-39(45)40-14-3-7-18-46(40)54/h2-30H. The first-order valence-electron chi connectivity index (χ1n) is 18.3. The largest absolute Gasteiger partial charge is 0.309 e. The van der Waals surface area contributed by atoms with E-state index < -0.39 is 0 Å². The van der Waals surface area contributed by atoms with Crippen molar-refractivity contribution < 1.29 is 0 Å². The van der Waals surface area contributed by atoms with Crippen LogP contribution in [0.3, 0.4) is 0 Å². The number of nitriles is 1. The van der Waals surface area contributed by atoms with E-state index in [0.29, 0.717) is 11.3 Å². The maximum Gasteiger partial charge on any atom is 0.188 e. The zero-order valence-corrected chi connectivity index (χ0v) is 29.5. The maximum atomic E-state index is 10.4. The van der Waals surface area contributed by atoms with Crippen LogP contribution in [0.25, 0.3) is 98.5 Å². The number of fused-ring (bicyclic) bond motifs is 9. The number of hydrogen-bond acceptors (Lipinski definition) is 1. The summed E-state index contributed by atoms with van der Waals surface area (Å²) >= 11 is 0. The summed E-state index contributed by atoms with van der Waals surface area (Å²) in [4.78, 5) is 3.70. The van der Waals surface area contributed by atoms with Crippen molar-refractivity contribution >= 4 is 71.1 Å². The summed E-state index contributed by atoms with van der Waals surface area (Å²) < 4.78 is 6.91. The van der Waals surface area contributed by atoms with Crippen molar-refractivity contribution in [1.82, 2.24) is 13.7 Å². The molecular formula is C50H29N5. The Kier molecular flexibility index (Phi) is 6.61. The number of benzene rings is 8. The lowest BCUT2D eigenvalue weighted by Crippen LogP contribution is -1.98. The molecule has 0 saturated carbocycles. The van der Waals surface area contributed by atoms with Crippen molar-refractivity contribution in [2.24, 2.45) is 0 Å². The summed E-state index contributed by atoms with van der Waals surface area (Å²) in [6.45, 7) is 7.60. The number of para-hydroxylation sites is 4. The molecule has 3 aromatic heterocycles. The van der Waals surface area contributed by atoms with Gasteiger partial charge in [0.25, 0.3) is 0 Å². The average molecular weight is 700 g/mol. The third kappa shape index (κ3) is 4.58. The van der Waals surface area contributed by atoms with E-state index in [9.17, 15) is 5.26 Å². The van der Waals surface area contributed by atoms with Crippen LogP contribution in [-0.2, 0) is 0 Å². The lowest BCUT2D eigenvalue weighted by molar-refractivity contribution is 1.16. The summed E-state index contributed by atoms with van der Waals surface area (Å²) in [5.41, 5.74) is 12.9. The molecule has 0 bridgehead atoms. The predicted molar refractivity (Wildman–Crippen MR) is 226 cm³/mol. The molecule has 0 aliphatic heterocycles. The molecule has 0 saturated heterocycles. The predicted octanol–water partition coefficient (Wildman–Crippen LogP) is 13.1. The van der Waals surface area contributed by atoms with Crippen LogP contribution in [0.1, 0.15) is 5.56 Å². The van der Waals surface area contributed by atoms with Crippen LogP contribution >= 0.6 is 0 Å². The lowest BCUT2D eigenvalue weighted by atomic mass is 10.0. The van der Waals surface area contributed by atoms with E-state index in [0.717, 1.165) is 71.8 Å². The third-order valence-corrected chi connectivity index (χ3v) is 11.0. The minimum Gasteiger partial charge on any atom is -0.309 e. The van der Waals surface area contributed by atoms with Crippen molar-refractivity contribution in [1.29, 1.82) is 5.26 Å². The minimum absolute atomic E-state index is 0.592. The molecule has 0 fully saturated rings. The summed E-state index contributed by atoms with van der Waals surface area (Å²) in [5, 5.41) is 17.3. The summed E-state index contributed by atoms with van der Waals surface area (Å²) in [7, 11) is 0. The van der Waals surface area contributed by atoms with Crippen molar-refractivity contribution in [3.8, 4) is 34.3 Å². The molecule has 55 heavy (non-hydrogen) atoms. The van der Waals surface area contributed by atoms with Gasteiger partial charge >= 0.3 is 0 Å². The second kappa shape index (κ2) is 11.8. The molecule has 5 heteroatoms. The Hall–Kier alpha value is -7.86. The zero-order chi connectivity index (χ0) is 36.6. The Morgan fingerprint density at radius 1 is 0.382 bits per heavy atom. The minimum atomic E-state index is 0.592. The number of nitrogens with zero attached hydrogens (tertiary/aromatic N) is 5. The van der Waals surface area contributed by atoms with Crippen LogP contribution in [0.15, 0.2) is 176 Å². The Morgan fingerprint density at radius 3 is 1.44 bits per heavy atom. The fraction of sp³-hybridized carbons (Fsp3) is 0. The van der Waals surface area contributed by atoms with Crippen LogP contribution in [0, 0.1) is 17.9 Å². The SMILES string of the molecule is [C-]#[N+]c1ccc2c(c1)c1ccccc1n2-c1cccc(-c2cc(C#N)cc(-n3c4ccccc4c4cc(-n5c6ccccc6c6ccccc65)ccc43)c2)c1. The number of aromatic nitrogens is 3. The molecule has 8 aromatic carbocycles. The highest BCUT2D eigenvalue weighted by Crippen LogP contribution is 2.39. The van der Waals surface area contributed by atoms with Gasteiger partial charge in [-0.05, 0) is 101 Å². The zero-order valence-electron chi connectivity index (χ0n) is 29.5. The number of rotatable bonds is 4. The van der Waals surface area contributed by atoms with Gasteiger partial charge in [-0.3, -0.25) is 0 Å². The highest BCUT2D eigenvalue weighted by atomic mass is 15.0. The van der Waals surface area contributed by atoms with Crippen LogP contribution in [0.4, 0.5) is 5.69 Å². The molecule has 254 valence electrons. The van der Waals surface area contributed by atoms with Crippen molar-refractivity contribution in [3.63, 3.8) is 0 Å². The van der Waals surface area contributed by atoms with Gasteiger partial charge in [-0.1, -0.05) is 91.0 Å². The normalized spacial score (nSPS) is 11.6. The molecule has 11 aromatic rings. The average Bonchev–Trinajstić information content (AvgIpc) is 3.89. The molecule has 0 spiro atoms. The molecule has 0 amide bonds. The smallest absolute Gasteiger partial charge is 0.188 e. The van der Waals surface area contributed by atoms with Crippen molar-refractivity contribution in [2.75, 3.05) is 0 Å². The fourth-order valence-electron chi connectivity index (χ4n) is 8.68. The Bertz CT molecular complexity index is 3420. The highest BCUT2D eigenvalue weighted by Gasteiger charge is 2.18. The monoisotopic (exact) mass is 699 g/mol. The third-order valence-electron chi connectivity index (χ3n) is 11.0. The van der Waals surface area contributed by atoms with Crippen LogP contribution in [-0.4, -0.2) is 13.7 Å². The molecule has 3 heterocycles. The summed E-state index contributed by atoms with van der Waals surface area (Å²) in [6.07, 6.45) is 0. The second-order valence-electron chi connectivity index (χ2n) is 14.0. The van der Waals surface area contributed by atoms with Crippen LogP contribution < -0.4 is 0 Å². The van der Waals surface area contributed by atoms with E-state index in [4.69, 9.17) is 6.57 Å². The van der Waals surface area contributed by atoms with Gasteiger partial charge in [0.05, 0.1) is 51.3 Å². The Balaban J connectivity index is 1.10. The first kappa shape index (κ1) is 30.7. The highest BCUT2D eigenvalue weighted by molar-refractivity contribution is 6.13. The van der Waals surface area contributed by atoms with Crippen molar-refractivity contribution in [3.05, 3.63) is 193 Å². The molecule has 0 aliphatic carbocycles. The van der Waals surface area contributed by atoms with Gasteiger partial charge < -0.3 is 13.7 Å². The Morgan fingerprint density at radius 2 is 0.855 bits per heavy atom. The maximum absolute atomic E-state index is 10.4. The second-order valence-corrected chi connectivity index (χ2v) is 14.0.